The van der Waals surface area contributed by atoms with Gasteiger partial charge in [0.05, 0.1) is 11.8 Å². The standard InChI is InChI=1S/C18H14N6OS/c1-2-4-12(9-19)11-25-18-22-8-6-14(24-18)13(10-20)16-23-15-5-3-7-21-17(15)26-16/h2-9,13,19H,1,11H2/b12-4+,19-9?. The van der Waals surface area contributed by atoms with Gasteiger partial charge in [-0.15, -0.1) is 0 Å². The zero-order valence-electron chi connectivity index (χ0n) is 13.7. The number of thiazole rings is 1. The number of aromatic nitrogens is 4. The molecule has 0 bridgehead atoms. The summed E-state index contributed by atoms with van der Waals surface area (Å²) in [7, 11) is 0. The minimum atomic E-state index is -0.634. The third-order valence-electron chi connectivity index (χ3n) is 3.40. The quantitative estimate of drug-likeness (QED) is 0.510. The van der Waals surface area contributed by atoms with Crippen LogP contribution >= 0.6 is 11.3 Å². The zero-order valence-corrected chi connectivity index (χ0v) is 14.5. The average Bonchev–Trinajstić information content (AvgIpc) is 3.09. The number of nitriles is 1. The van der Waals surface area contributed by atoms with Crippen LogP contribution in [0.2, 0.25) is 0 Å². The van der Waals surface area contributed by atoms with Gasteiger partial charge in [0.25, 0.3) is 0 Å². The Balaban J connectivity index is 1.85. The van der Waals surface area contributed by atoms with Crippen LogP contribution in [-0.2, 0) is 0 Å². The van der Waals surface area contributed by atoms with Crippen molar-refractivity contribution in [3.05, 3.63) is 65.6 Å². The van der Waals surface area contributed by atoms with E-state index in [1.54, 1.807) is 24.4 Å². The lowest BCUT2D eigenvalue weighted by Crippen LogP contribution is -2.07. The van der Waals surface area contributed by atoms with Crippen molar-refractivity contribution in [3.63, 3.8) is 0 Å². The van der Waals surface area contributed by atoms with E-state index in [4.69, 9.17) is 10.1 Å². The summed E-state index contributed by atoms with van der Waals surface area (Å²) in [5, 5.41) is 17.6. The van der Waals surface area contributed by atoms with E-state index in [-0.39, 0.29) is 12.6 Å². The lowest BCUT2D eigenvalue weighted by atomic mass is 10.1. The number of fused-ring (bicyclic) bond motifs is 1. The van der Waals surface area contributed by atoms with Gasteiger partial charge in [0.2, 0.25) is 0 Å². The number of allylic oxidation sites excluding steroid dienone is 2. The van der Waals surface area contributed by atoms with Gasteiger partial charge in [-0.1, -0.05) is 30.1 Å². The summed E-state index contributed by atoms with van der Waals surface area (Å²) < 4.78 is 5.51. The molecule has 1 atom stereocenters. The minimum absolute atomic E-state index is 0.138. The monoisotopic (exact) mass is 362 g/mol. The van der Waals surface area contributed by atoms with E-state index in [1.807, 2.05) is 12.1 Å². The van der Waals surface area contributed by atoms with Crippen molar-refractivity contribution in [2.75, 3.05) is 6.61 Å². The van der Waals surface area contributed by atoms with Gasteiger partial charge in [-0.25, -0.2) is 15.0 Å². The van der Waals surface area contributed by atoms with Crippen LogP contribution in [0.25, 0.3) is 10.3 Å². The van der Waals surface area contributed by atoms with Crippen LogP contribution < -0.4 is 4.74 Å². The molecule has 0 aliphatic rings. The molecule has 3 rings (SSSR count). The Hall–Kier alpha value is -3.44. The van der Waals surface area contributed by atoms with Crippen LogP contribution in [0, 0.1) is 16.7 Å². The zero-order chi connectivity index (χ0) is 18.4. The van der Waals surface area contributed by atoms with E-state index in [9.17, 15) is 5.26 Å². The van der Waals surface area contributed by atoms with Gasteiger partial charge in [-0.3, -0.25) is 0 Å². The number of hydrogen-bond acceptors (Lipinski definition) is 8. The maximum atomic E-state index is 9.62. The molecule has 0 amide bonds. The average molecular weight is 362 g/mol. The molecule has 3 aromatic heterocycles. The third-order valence-corrected chi connectivity index (χ3v) is 4.44. The maximum Gasteiger partial charge on any atom is 0.316 e. The molecule has 26 heavy (non-hydrogen) atoms. The molecular formula is C18H14N6OS. The molecule has 0 aliphatic heterocycles. The molecule has 1 N–H and O–H groups in total. The Morgan fingerprint density at radius 1 is 1.35 bits per heavy atom. The van der Waals surface area contributed by atoms with Crippen LogP contribution in [-0.4, -0.2) is 32.8 Å². The molecule has 0 saturated carbocycles. The Labute approximate surface area is 153 Å². The summed E-state index contributed by atoms with van der Waals surface area (Å²) in [6.07, 6.45) is 7.66. The molecule has 3 heterocycles. The van der Waals surface area contributed by atoms with E-state index in [0.717, 1.165) is 10.3 Å². The lowest BCUT2D eigenvalue weighted by molar-refractivity contribution is 0.327. The first-order chi connectivity index (χ1) is 12.7. The first kappa shape index (κ1) is 17.4. The second-order valence-electron chi connectivity index (χ2n) is 5.12. The molecule has 7 nitrogen and oxygen atoms in total. The van der Waals surface area contributed by atoms with Crippen LogP contribution in [0.5, 0.6) is 6.01 Å². The molecule has 128 valence electrons. The second kappa shape index (κ2) is 8.09. The van der Waals surface area contributed by atoms with Crippen molar-refractivity contribution >= 4 is 27.9 Å². The van der Waals surface area contributed by atoms with Crippen molar-refractivity contribution in [3.8, 4) is 12.1 Å². The van der Waals surface area contributed by atoms with E-state index < -0.39 is 5.92 Å². The molecule has 8 heteroatoms. The van der Waals surface area contributed by atoms with E-state index in [0.29, 0.717) is 16.3 Å². The molecule has 0 fully saturated rings. The molecule has 0 radical (unpaired) electrons. The number of nitrogens with zero attached hydrogens (tertiary/aromatic N) is 5. The highest BCUT2D eigenvalue weighted by molar-refractivity contribution is 7.18. The number of ether oxygens (including phenoxy) is 1. The molecule has 0 aromatic carbocycles. The van der Waals surface area contributed by atoms with Crippen LogP contribution in [0.4, 0.5) is 0 Å². The van der Waals surface area contributed by atoms with Crippen molar-refractivity contribution in [2.45, 2.75) is 5.92 Å². The number of nitrogens with one attached hydrogen (secondary N) is 1. The summed E-state index contributed by atoms with van der Waals surface area (Å²) in [5.41, 5.74) is 1.88. The topological polar surface area (TPSA) is 108 Å². The van der Waals surface area contributed by atoms with Gasteiger partial charge < -0.3 is 10.1 Å². The third kappa shape index (κ3) is 3.79. The molecular weight excluding hydrogens is 348 g/mol. The van der Waals surface area contributed by atoms with Crippen molar-refractivity contribution in [2.24, 2.45) is 0 Å². The van der Waals surface area contributed by atoms with E-state index in [2.05, 4.69) is 32.6 Å². The van der Waals surface area contributed by atoms with Gasteiger partial charge in [0, 0.05) is 24.2 Å². The van der Waals surface area contributed by atoms with Crippen molar-refractivity contribution < 1.29 is 4.74 Å². The van der Waals surface area contributed by atoms with Gasteiger partial charge >= 0.3 is 6.01 Å². The van der Waals surface area contributed by atoms with Crippen LogP contribution in [0.3, 0.4) is 0 Å². The predicted molar refractivity (Wildman–Crippen MR) is 99.5 cm³/mol. The van der Waals surface area contributed by atoms with Crippen LogP contribution in [0.1, 0.15) is 16.6 Å². The molecule has 0 spiro atoms. The maximum absolute atomic E-state index is 9.62. The highest BCUT2D eigenvalue weighted by Gasteiger charge is 2.21. The SMILES string of the molecule is C=C/C=C(\C=N)COc1nccc(C(C#N)c2nc3cccnc3s2)n1. The van der Waals surface area contributed by atoms with Gasteiger partial charge in [0.15, 0.2) is 0 Å². The molecule has 0 saturated heterocycles. The van der Waals surface area contributed by atoms with E-state index in [1.165, 1.54) is 23.7 Å². The summed E-state index contributed by atoms with van der Waals surface area (Å²) in [6.45, 7) is 3.73. The largest absolute Gasteiger partial charge is 0.459 e. The van der Waals surface area contributed by atoms with Gasteiger partial charge in [-0.2, -0.15) is 10.2 Å². The summed E-state index contributed by atoms with van der Waals surface area (Å²) >= 11 is 1.36. The molecule has 3 aromatic rings. The summed E-state index contributed by atoms with van der Waals surface area (Å²) in [4.78, 5) is 17.9. The fraction of sp³-hybridized carbons (Fsp3) is 0.111. The highest BCUT2D eigenvalue weighted by Crippen LogP contribution is 2.29. The highest BCUT2D eigenvalue weighted by atomic mass is 32.1. The van der Waals surface area contributed by atoms with Crippen LogP contribution in [0.15, 0.2) is 54.9 Å². The first-order valence-electron chi connectivity index (χ1n) is 7.64. The number of pyridine rings is 1. The summed E-state index contributed by atoms with van der Waals surface area (Å²) in [5.74, 6) is -0.634. The Bertz CT molecular complexity index is 987. The minimum Gasteiger partial charge on any atom is -0.459 e. The summed E-state index contributed by atoms with van der Waals surface area (Å²) in [6, 6.07) is 7.70. The van der Waals surface area contributed by atoms with E-state index >= 15 is 0 Å². The Morgan fingerprint density at radius 3 is 2.96 bits per heavy atom. The Morgan fingerprint density at radius 2 is 2.23 bits per heavy atom. The predicted octanol–water partition coefficient (Wildman–Crippen LogP) is 3.28. The first-order valence-corrected chi connectivity index (χ1v) is 8.45. The van der Waals surface area contributed by atoms with Gasteiger partial charge in [0.1, 0.15) is 27.9 Å². The normalized spacial score (nSPS) is 12.3. The number of rotatable bonds is 7. The van der Waals surface area contributed by atoms with Crippen molar-refractivity contribution in [1.82, 2.24) is 19.9 Å². The lowest BCUT2D eigenvalue weighted by Gasteiger charge is -2.08. The van der Waals surface area contributed by atoms with Gasteiger partial charge in [-0.05, 0) is 18.2 Å². The second-order valence-corrected chi connectivity index (χ2v) is 6.13. The smallest absolute Gasteiger partial charge is 0.316 e. The molecule has 0 aliphatic carbocycles. The fourth-order valence-electron chi connectivity index (χ4n) is 2.18. The molecule has 1 unspecified atom stereocenters. The fourth-order valence-corrected chi connectivity index (χ4v) is 3.14. The van der Waals surface area contributed by atoms with Crippen molar-refractivity contribution in [1.29, 1.82) is 10.7 Å². The Kier molecular flexibility index (Phi) is 5.41. The number of hydrogen-bond donors (Lipinski definition) is 1.